The van der Waals surface area contributed by atoms with Gasteiger partial charge in [0.25, 0.3) is 0 Å². The first-order valence-corrected chi connectivity index (χ1v) is 3.67. The number of hydrogen-bond donors (Lipinski definition) is 0. The molecule has 0 heterocycles. The quantitative estimate of drug-likeness (QED) is 0.431. The number of hydrogen-bond acceptors (Lipinski definition) is 1. The Hall–Kier alpha value is -0.720. The molecule has 0 N–H and O–H groups in total. The van der Waals surface area contributed by atoms with Crippen LogP contribution in [0.15, 0.2) is 24.0 Å². The first kappa shape index (κ1) is 9.28. The molecule has 0 aromatic rings. The van der Waals surface area contributed by atoms with Crippen molar-refractivity contribution in [3.8, 4) is 0 Å². The van der Waals surface area contributed by atoms with Crippen molar-refractivity contribution >= 4 is 0 Å². The molecule has 0 saturated carbocycles. The van der Waals surface area contributed by atoms with Crippen LogP contribution in [0.1, 0.15) is 27.2 Å². The summed E-state index contributed by atoms with van der Waals surface area (Å²) in [6.07, 6.45) is 6.90. The van der Waals surface area contributed by atoms with E-state index in [2.05, 4.69) is 19.9 Å². The molecule has 58 valence electrons. The number of allylic oxidation sites excluding steroid dienone is 3. The Balaban J connectivity index is 3.27. The lowest BCUT2D eigenvalue weighted by atomic mass is 10.3. The highest BCUT2D eigenvalue weighted by Crippen LogP contribution is 1.93. The molecular weight excluding hydrogens is 124 g/mol. The van der Waals surface area contributed by atoms with Gasteiger partial charge in [0.2, 0.25) is 0 Å². The molecule has 0 aliphatic carbocycles. The van der Waals surface area contributed by atoms with Gasteiger partial charge in [0.05, 0.1) is 12.9 Å². The summed E-state index contributed by atoms with van der Waals surface area (Å²) in [5.41, 5.74) is 1.35. The van der Waals surface area contributed by atoms with Crippen LogP contribution in [0.5, 0.6) is 0 Å². The van der Waals surface area contributed by atoms with E-state index in [-0.39, 0.29) is 0 Å². The van der Waals surface area contributed by atoms with Crippen LogP contribution in [0, 0.1) is 0 Å². The molecule has 0 spiro atoms. The molecule has 0 aliphatic heterocycles. The Morgan fingerprint density at radius 1 is 1.40 bits per heavy atom. The minimum Gasteiger partial charge on any atom is -0.502 e. The molecule has 0 rings (SSSR count). The SMILES string of the molecule is CCO/C=C\CC=C(C)C. The molecule has 0 aliphatic rings. The van der Waals surface area contributed by atoms with Crippen LogP contribution in [-0.4, -0.2) is 6.61 Å². The van der Waals surface area contributed by atoms with Gasteiger partial charge in [0.15, 0.2) is 0 Å². The zero-order chi connectivity index (χ0) is 7.82. The maximum atomic E-state index is 5.01. The maximum Gasteiger partial charge on any atom is 0.0845 e. The zero-order valence-electron chi connectivity index (χ0n) is 7.05. The highest BCUT2D eigenvalue weighted by atomic mass is 16.5. The molecule has 0 aromatic heterocycles. The van der Waals surface area contributed by atoms with Crippen molar-refractivity contribution in [1.82, 2.24) is 0 Å². The normalized spacial score (nSPS) is 9.90. The summed E-state index contributed by atoms with van der Waals surface area (Å²) >= 11 is 0. The second kappa shape index (κ2) is 6.40. The van der Waals surface area contributed by atoms with Crippen molar-refractivity contribution in [3.63, 3.8) is 0 Å². The Morgan fingerprint density at radius 3 is 2.60 bits per heavy atom. The second-order valence-corrected chi connectivity index (χ2v) is 2.34. The summed E-state index contributed by atoms with van der Waals surface area (Å²) in [5, 5.41) is 0. The van der Waals surface area contributed by atoms with Gasteiger partial charge < -0.3 is 4.74 Å². The summed E-state index contributed by atoms with van der Waals surface area (Å²) in [6, 6.07) is 0. The van der Waals surface area contributed by atoms with Crippen LogP contribution >= 0.6 is 0 Å². The van der Waals surface area contributed by atoms with E-state index in [0.29, 0.717) is 0 Å². The predicted octanol–water partition coefficient (Wildman–Crippen LogP) is 2.89. The third kappa shape index (κ3) is 7.28. The molecule has 0 amide bonds. The monoisotopic (exact) mass is 140 g/mol. The molecule has 0 fully saturated rings. The number of ether oxygens (including phenoxy) is 1. The van der Waals surface area contributed by atoms with Crippen molar-refractivity contribution < 1.29 is 4.74 Å². The van der Waals surface area contributed by atoms with E-state index in [9.17, 15) is 0 Å². The molecule has 1 nitrogen and oxygen atoms in total. The molecule has 0 unspecified atom stereocenters. The molecule has 0 radical (unpaired) electrons. The fourth-order valence-corrected chi connectivity index (χ4v) is 0.524. The van der Waals surface area contributed by atoms with Gasteiger partial charge in [0, 0.05) is 0 Å². The van der Waals surface area contributed by atoms with Crippen LogP contribution in [0.2, 0.25) is 0 Å². The third-order valence-corrected chi connectivity index (χ3v) is 1.02. The summed E-state index contributed by atoms with van der Waals surface area (Å²) in [4.78, 5) is 0. The standard InChI is InChI=1S/C9H16O/c1-4-10-8-6-5-7-9(2)3/h6-8H,4-5H2,1-3H3/b8-6-. The van der Waals surface area contributed by atoms with Gasteiger partial charge in [-0.05, 0) is 33.3 Å². The van der Waals surface area contributed by atoms with Gasteiger partial charge in [-0.1, -0.05) is 11.6 Å². The summed E-state index contributed by atoms with van der Waals surface area (Å²) in [6.45, 7) is 6.92. The van der Waals surface area contributed by atoms with E-state index in [0.717, 1.165) is 13.0 Å². The lowest BCUT2D eigenvalue weighted by Gasteiger charge is -1.90. The van der Waals surface area contributed by atoms with Crippen molar-refractivity contribution in [3.05, 3.63) is 24.0 Å². The van der Waals surface area contributed by atoms with Crippen molar-refractivity contribution in [2.45, 2.75) is 27.2 Å². The maximum absolute atomic E-state index is 5.01. The highest BCUT2D eigenvalue weighted by molar-refractivity contribution is 4.97. The predicted molar refractivity (Wildman–Crippen MR) is 44.8 cm³/mol. The van der Waals surface area contributed by atoms with E-state index in [1.807, 2.05) is 13.0 Å². The van der Waals surface area contributed by atoms with Crippen LogP contribution in [0.4, 0.5) is 0 Å². The summed E-state index contributed by atoms with van der Waals surface area (Å²) in [5.74, 6) is 0. The highest BCUT2D eigenvalue weighted by Gasteiger charge is 1.74. The van der Waals surface area contributed by atoms with E-state index >= 15 is 0 Å². The molecule has 0 saturated heterocycles. The first-order valence-electron chi connectivity index (χ1n) is 3.67. The lowest BCUT2D eigenvalue weighted by molar-refractivity contribution is 0.268. The molecule has 0 atom stereocenters. The van der Waals surface area contributed by atoms with E-state index in [4.69, 9.17) is 4.74 Å². The van der Waals surface area contributed by atoms with Crippen LogP contribution in [0.25, 0.3) is 0 Å². The van der Waals surface area contributed by atoms with Crippen molar-refractivity contribution in [1.29, 1.82) is 0 Å². The lowest BCUT2D eigenvalue weighted by Crippen LogP contribution is -1.75. The average molecular weight is 140 g/mol. The largest absolute Gasteiger partial charge is 0.502 e. The van der Waals surface area contributed by atoms with Crippen LogP contribution < -0.4 is 0 Å². The topological polar surface area (TPSA) is 9.23 Å². The Bertz CT molecular complexity index is 119. The van der Waals surface area contributed by atoms with E-state index < -0.39 is 0 Å². The molecule has 0 bridgehead atoms. The fourth-order valence-electron chi connectivity index (χ4n) is 0.524. The van der Waals surface area contributed by atoms with Crippen LogP contribution in [0.3, 0.4) is 0 Å². The molecule has 0 aromatic carbocycles. The average Bonchev–Trinajstić information content (AvgIpc) is 1.87. The van der Waals surface area contributed by atoms with Crippen molar-refractivity contribution in [2.75, 3.05) is 6.61 Å². The molecule has 10 heavy (non-hydrogen) atoms. The minimum absolute atomic E-state index is 0.755. The van der Waals surface area contributed by atoms with Crippen molar-refractivity contribution in [2.24, 2.45) is 0 Å². The summed E-state index contributed by atoms with van der Waals surface area (Å²) < 4.78 is 5.01. The number of rotatable bonds is 4. The van der Waals surface area contributed by atoms with E-state index in [1.54, 1.807) is 6.26 Å². The van der Waals surface area contributed by atoms with Gasteiger partial charge in [-0.3, -0.25) is 0 Å². The Kier molecular flexibility index (Phi) is 5.94. The fraction of sp³-hybridized carbons (Fsp3) is 0.556. The van der Waals surface area contributed by atoms with Gasteiger partial charge in [0.1, 0.15) is 0 Å². The van der Waals surface area contributed by atoms with Gasteiger partial charge >= 0.3 is 0 Å². The van der Waals surface area contributed by atoms with Gasteiger partial charge in [-0.25, -0.2) is 0 Å². The molecular formula is C9H16O. The first-order chi connectivity index (χ1) is 4.77. The Labute approximate surface area is 63.4 Å². The zero-order valence-corrected chi connectivity index (χ0v) is 7.05. The van der Waals surface area contributed by atoms with Gasteiger partial charge in [-0.2, -0.15) is 0 Å². The Morgan fingerprint density at radius 2 is 2.10 bits per heavy atom. The smallest absolute Gasteiger partial charge is 0.0845 e. The van der Waals surface area contributed by atoms with Gasteiger partial charge in [-0.15, -0.1) is 0 Å². The minimum atomic E-state index is 0.755. The van der Waals surface area contributed by atoms with Crippen LogP contribution in [-0.2, 0) is 4.74 Å². The second-order valence-electron chi connectivity index (χ2n) is 2.34. The summed E-state index contributed by atoms with van der Waals surface area (Å²) in [7, 11) is 0. The molecule has 1 heteroatoms. The van der Waals surface area contributed by atoms with E-state index in [1.165, 1.54) is 5.57 Å². The third-order valence-electron chi connectivity index (χ3n) is 1.02.